The molecular weight excluding hydrogens is 266 g/mol. The van der Waals surface area contributed by atoms with Crippen molar-refractivity contribution in [3.05, 3.63) is 45.4 Å². The van der Waals surface area contributed by atoms with Gasteiger partial charge in [-0.2, -0.15) is 5.10 Å². The van der Waals surface area contributed by atoms with Crippen molar-refractivity contribution < 1.29 is 4.52 Å². The van der Waals surface area contributed by atoms with Gasteiger partial charge in [0.25, 0.3) is 5.56 Å². The fourth-order valence-corrected chi connectivity index (χ4v) is 2.13. The predicted molar refractivity (Wildman–Crippen MR) is 72.2 cm³/mol. The lowest BCUT2D eigenvalue weighted by Crippen LogP contribution is -2.20. The summed E-state index contributed by atoms with van der Waals surface area (Å²) in [5.74, 6) is 0.574. The molecule has 0 N–H and O–H groups in total. The summed E-state index contributed by atoms with van der Waals surface area (Å²) in [5.41, 5.74) is 1.54. The summed E-state index contributed by atoms with van der Waals surface area (Å²) in [7, 11) is 1.59. The zero-order valence-corrected chi connectivity index (χ0v) is 11.1. The van der Waals surface area contributed by atoms with Crippen molar-refractivity contribution in [1.82, 2.24) is 14.9 Å². The van der Waals surface area contributed by atoms with Crippen LogP contribution in [0, 0.1) is 6.92 Å². The van der Waals surface area contributed by atoms with Crippen LogP contribution in [0.2, 0.25) is 5.02 Å². The van der Waals surface area contributed by atoms with Crippen LogP contribution >= 0.6 is 11.6 Å². The SMILES string of the molecule is Cc1onc2c(=O)n(C)nc(-c3ccc(Cl)cc3)c12. The first-order chi connectivity index (χ1) is 9.08. The first kappa shape index (κ1) is 11.9. The van der Waals surface area contributed by atoms with Crippen molar-refractivity contribution in [3.8, 4) is 11.3 Å². The van der Waals surface area contributed by atoms with Crippen LogP contribution in [0.15, 0.2) is 33.6 Å². The highest BCUT2D eigenvalue weighted by Gasteiger charge is 2.17. The molecule has 1 aromatic carbocycles. The van der Waals surface area contributed by atoms with E-state index in [4.69, 9.17) is 16.1 Å². The van der Waals surface area contributed by atoms with Crippen LogP contribution in [-0.4, -0.2) is 14.9 Å². The summed E-state index contributed by atoms with van der Waals surface area (Å²) in [6.45, 7) is 1.76. The Morgan fingerprint density at radius 3 is 2.63 bits per heavy atom. The second-order valence-corrected chi connectivity index (χ2v) is 4.68. The lowest BCUT2D eigenvalue weighted by molar-refractivity contribution is 0.405. The van der Waals surface area contributed by atoms with Crippen LogP contribution in [0.4, 0.5) is 0 Å². The Hall–Kier alpha value is -2.14. The lowest BCUT2D eigenvalue weighted by Gasteiger charge is -2.05. The molecule has 0 aliphatic heterocycles. The van der Waals surface area contributed by atoms with Crippen molar-refractivity contribution in [2.75, 3.05) is 0 Å². The van der Waals surface area contributed by atoms with Crippen molar-refractivity contribution >= 4 is 22.5 Å². The molecule has 0 amide bonds. The Labute approximate surface area is 113 Å². The summed E-state index contributed by atoms with van der Waals surface area (Å²) in [6.07, 6.45) is 0. The summed E-state index contributed by atoms with van der Waals surface area (Å²) >= 11 is 5.88. The van der Waals surface area contributed by atoms with Gasteiger partial charge < -0.3 is 4.52 Å². The van der Waals surface area contributed by atoms with Gasteiger partial charge in [0.15, 0.2) is 5.52 Å². The fourth-order valence-electron chi connectivity index (χ4n) is 2.01. The molecule has 0 radical (unpaired) electrons. The summed E-state index contributed by atoms with van der Waals surface area (Å²) in [6, 6.07) is 7.25. The van der Waals surface area contributed by atoms with Crippen LogP contribution in [0.5, 0.6) is 0 Å². The van der Waals surface area contributed by atoms with Gasteiger partial charge in [0, 0.05) is 17.6 Å². The van der Waals surface area contributed by atoms with Crippen molar-refractivity contribution in [2.24, 2.45) is 7.05 Å². The van der Waals surface area contributed by atoms with E-state index in [2.05, 4.69) is 10.3 Å². The number of fused-ring (bicyclic) bond motifs is 1. The van der Waals surface area contributed by atoms with E-state index < -0.39 is 0 Å². The summed E-state index contributed by atoms with van der Waals surface area (Å²) < 4.78 is 6.37. The smallest absolute Gasteiger partial charge is 0.296 e. The molecular formula is C13H10ClN3O2. The van der Waals surface area contributed by atoms with Crippen LogP contribution in [0.1, 0.15) is 5.76 Å². The number of hydrogen-bond acceptors (Lipinski definition) is 4. The number of hydrogen-bond donors (Lipinski definition) is 0. The van der Waals surface area contributed by atoms with Gasteiger partial charge in [0.1, 0.15) is 11.5 Å². The second-order valence-electron chi connectivity index (χ2n) is 4.25. The minimum Gasteiger partial charge on any atom is -0.360 e. The minimum atomic E-state index is -0.274. The maximum absolute atomic E-state index is 11.9. The molecule has 0 bridgehead atoms. The quantitative estimate of drug-likeness (QED) is 0.685. The number of aromatic nitrogens is 3. The maximum atomic E-state index is 11.9. The number of nitrogens with zero attached hydrogens (tertiary/aromatic N) is 3. The highest BCUT2D eigenvalue weighted by molar-refractivity contribution is 6.30. The van der Waals surface area contributed by atoms with Gasteiger partial charge in [-0.3, -0.25) is 4.79 Å². The molecule has 0 saturated heterocycles. The Bertz CT molecular complexity index is 818. The molecule has 0 spiro atoms. The number of benzene rings is 1. The van der Waals surface area contributed by atoms with Gasteiger partial charge in [-0.25, -0.2) is 4.68 Å². The molecule has 0 saturated carbocycles. The number of rotatable bonds is 1. The Balaban J connectivity index is 2.40. The van der Waals surface area contributed by atoms with Crippen LogP contribution in [0.25, 0.3) is 22.2 Å². The Kier molecular flexibility index (Phi) is 2.64. The van der Waals surface area contributed by atoms with Gasteiger partial charge in [-0.1, -0.05) is 28.9 Å². The second kappa shape index (κ2) is 4.20. The zero-order valence-electron chi connectivity index (χ0n) is 10.3. The molecule has 0 fully saturated rings. The molecule has 0 aliphatic carbocycles. The van der Waals surface area contributed by atoms with Gasteiger partial charge in [0.05, 0.1) is 5.39 Å². The van der Waals surface area contributed by atoms with Gasteiger partial charge in [-0.15, -0.1) is 0 Å². The first-order valence-electron chi connectivity index (χ1n) is 5.67. The summed E-state index contributed by atoms with van der Waals surface area (Å²) in [5, 5.41) is 9.39. The monoisotopic (exact) mass is 275 g/mol. The normalized spacial score (nSPS) is 11.1. The highest BCUT2D eigenvalue weighted by Crippen LogP contribution is 2.27. The standard InChI is InChI=1S/C13H10ClN3O2/c1-7-10-11(8-3-5-9(14)6-4-8)15-17(2)13(18)12(10)16-19-7/h3-6H,1-2H3. The third-order valence-corrected chi connectivity index (χ3v) is 3.22. The third kappa shape index (κ3) is 1.82. The Morgan fingerprint density at radius 1 is 1.26 bits per heavy atom. The van der Waals surface area contributed by atoms with Gasteiger partial charge >= 0.3 is 0 Å². The average Bonchev–Trinajstić information content (AvgIpc) is 2.78. The molecule has 2 aromatic heterocycles. The molecule has 2 heterocycles. The van der Waals surface area contributed by atoms with E-state index in [0.29, 0.717) is 27.4 Å². The number of halogens is 1. The maximum Gasteiger partial charge on any atom is 0.296 e. The van der Waals surface area contributed by atoms with E-state index in [0.717, 1.165) is 5.56 Å². The van der Waals surface area contributed by atoms with E-state index in [9.17, 15) is 4.79 Å². The zero-order chi connectivity index (χ0) is 13.6. The van der Waals surface area contributed by atoms with Crippen molar-refractivity contribution in [1.29, 1.82) is 0 Å². The number of aryl methyl sites for hydroxylation is 2. The van der Waals surface area contributed by atoms with Crippen molar-refractivity contribution in [3.63, 3.8) is 0 Å². The van der Waals surface area contributed by atoms with Crippen molar-refractivity contribution in [2.45, 2.75) is 6.92 Å². The van der Waals surface area contributed by atoms with Gasteiger partial charge in [-0.05, 0) is 19.1 Å². The molecule has 0 unspecified atom stereocenters. The molecule has 0 atom stereocenters. The van der Waals surface area contributed by atoms with Crippen LogP contribution < -0.4 is 5.56 Å². The average molecular weight is 276 g/mol. The van der Waals surface area contributed by atoms with Gasteiger partial charge in [0.2, 0.25) is 0 Å². The first-order valence-corrected chi connectivity index (χ1v) is 6.05. The summed E-state index contributed by atoms with van der Waals surface area (Å²) in [4.78, 5) is 11.9. The van der Waals surface area contributed by atoms with Crippen LogP contribution in [0.3, 0.4) is 0 Å². The molecule has 19 heavy (non-hydrogen) atoms. The molecule has 96 valence electrons. The topological polar surface area (TPSA) is 60.9 Å². The minimum absolute atomic E-state index is 0.274. The molecule has 5 nitrogen and oxygen atoms in total. The molecule has 0 aliphatic rings. The molecule has 6 heteroatoms. The van der Waals surface area contributed by atoms with E-state index in [1.165, 1.54) is 4.68 Å². The largest absolute Gasteiger partial charge is 0.360 e. The van der Waals surface area contributed by atoms with Crippen LogP contribution in [-0.2, 0) is 7.05 Å². The van der Waals surface area contributed by atoms with E-state index in [1.807, 2.05) is 12.1 Å². The molecule has 3 aromatic rings. The predicted octanol–water partition coefficient (Wildman–Crippen LogP) is 2.55. The third-order valence-electron chi connectivity index (χ3n) is 2.96. The fraction of sp³-hybridized carbons (Fsp3) is 0.154. The van der Waals surface area contributed by atoms with E-state index in [-0.39, 0.29) is 5.56 Å². The Morgan fingerprint density at radius 2 is 1.95 bits per heavy atom. The highest BCUT2D eigenvalue weighted by atomic mass is 35.5. The molecule has 3 rings (SSSR count). The lowest BCUT2D eigenvalue weighted by atomic mass is 10.1. The van der Waals surface area contributed by atoms with E-state index in [1.54, 1.807) is 26.1 Å². The van der Waals surface area contributed by atoms with E-state index >= 15 is 0 Å².